The number of amides is 3. The summed E-state index contributed by atoms with van der Waals surface area (Å²) in [4.78, 5) is 24.3. The number of ether oxygens (including phenoxy) is 3. The molecule has 2 aromatic rings. The van der Waals surface area contributed by atoms with E-state index in [-0.39, 0.29) is 18.0 Å². The number of nitrogens with one attached hydrogen (secondary N) is 3. The van der Waals surface area contributed by atoms with Crippen molar-refractivity contribution >= 4 is 17.6 Å². The lowest BCUT2D eigenvalue weighted by atomic mass is 10.2. The van der Waals surface area contributed by atoms with Gasteiger partial charge in [0.2, 0.25) is 0 Å². The van der Waals surface area contributed by atoms with E-state index in [9.17, 15) is 9.59 Å². The van der Waals surface area contributed by atoms with Crippen LogP contribution in [0, 0.1) is 0 Å². The highest BCUT2D eigenvalue weighted by atomic mass is 16.5. The van der Waals surface area contributed by atoms with Gasteiger partial charge in [-0.05, 0) is 48.2 Å². The smallest absolute Gasteiger partial charge is 0.315 e. The predicted molar refractivity (Wildman–Crippen MR) is 113 cm³/mol. The second-order valence-electron chi connectivity index (χ2n) is 6.92. The van der Waals surface area contributed by atoms with Gasteiger partial charge in [0.05, 0.1) is 14.2 Å². The first-order chi connectivity index (χ1) is 14.6. The molecule has 2 aromatic carbocycles. The zero-order valence-corrected chi connectivity index (χ0v) is 17.2. The van der Waals surface area contributed by atoms with Crippen molar-refractivity contribution in [2.45, 2.75) is 32.0 Å². The molecule has 8 heteroatoms. The van der Waals surface area contributed by atoms with Crippen LogP contribution in [0.5, 0.6) is 11.5 Å². The minimum Gasteiger partial charge on any atom is -0.493 e. The summed E-state index contributed by atoms with van der Waals surface area (Å²) in [7, 11) is 3.14. The number of urea groups is 1. The van der Waals surface area contributed by atoms with Gasteiger partial charge in [0.15, 0.2) is 11.5 Å². The molecular weight excluding hydrogens is 386 g/mol. The van der Waals surface area contributed by atoms with Gasteiger partial charge in [0.1, 0.15) is 6.10 Å². The van der Waals surface area contributed by atoms with Crippen LogP contribution in [-0.2, 0) is 22.6 Å². The van der Waals surface area contributed by atoms with E-state index in [0.717, 1.165) is 24.0 Å². The Balaban J connectivity index is 1.47. The number of carbonyl (C=O) groups excluding carboxylic acids is 2. The zero-order valence-electron chi connectivity index (χ0n) is 17.2. The molecule has 1 aliphatic heterocycles. The summed E-state index contributed by atoms with van der Waals surface area (Å²) in [5.74, 6) is 1.11. The molecule has 0 radical (unpaired) electrons. The van der Waals surface area contributed by atoms with Crippen molar-refractivity contribution in [3.8, 4) is 11.5 Å². The van der Waals surface area contributed by atoms with E-state index >= 15 is 0 Å². The lowest BCUT2D eigenvalue weighted by molar-refractivity contribution is -0.124. The summed E-state index contributed by atoms with van der Waals surface area (Å²) in [5, 5.41) is 8.49. The molecule has 1 heterocycles. The molecule has 3 N–H and O–H groups in total. The van der Waals surface area contributed by atoms with Crippen LogP contribution in [0.25, 0.3) is 0 Å². The monoisotopic (exact) mass is 413 g/mol. The lowest BCUT2D eigenvalue weighted by Gasteiger charge is -2.12. The lowest BCUT2D eigenvalue weighted by Crippen LogP contribution is -2.34. The predicted octanol–water partition coefficient (Wildman–Crippen LogP) is 2.82. The molecule has 3 amide bonds. The van der Waals surface area contributed by atoms with Crippen molar-refractivity contribution < 1.29 is 23.8 Å². The summed E-state index contributed by atoms with van der Waals surface area (Å²) in [6.45, 7) is 1.31. The average Bonchev–Trinajstić information content (AvgIpc) is 3.31. The van der Waals surface area contributed by atoms with Gasteiger partial charge < -0.3 is 30.2 Å². The van der Waals surface area contributed by atoms with Crippen molar-refractivity contribution in [1.29, 1.82) is 0 Å². The molecular formula is C22H27N3O5. The molecule has 1 fully saturated rings. The number of anilines is 1. The van der Waals surface area contributed by atoms with Crippen molar-refractivity contribution in [2.24, 2.45) is 0 Å². The average molecular weight is 413 g/mol. The largest absolute Gasteiger partial charge is 0.493 e. The molecule has 0 saturated carbocycles. The van der Waals surface area contributed by atoms with Crippen LogP contribution in [-0.4, -0.2) is 38.9 Å². The number of carbonyl (C=O) groups is 2. The van der Waals surface area contributed by atoms with Crippen molar-refractivity contribution in [1.82, 2.24) is 10.6 Å². The zero-order chi connectivity index (χ0) is 21.3. The normalized spacial score (nSPS) is 15.3. The van der Waals surface area contributed by atoms with Crippen LogP contribution in [0.15, 0.2) is 42.5 Å². The first-order valence-electron chi connectivity index (χ1n) is 9.83. The highest BCUT2D eigenvalue weighted by molar-refractivity contribution is 5.94. The molecule has 1 saturated heterocycles. The van der Waals surface area contributed by atoms with Crippen molar-refractivity contribution in [3.63, 3.8) is 0 Å². The van der Waals surface area contributed by atoms with E-state index in [2.05, 4.69) is 16.0 Å². The molecule has 1 aliphatic rings. The molecule has 30 heavy (non-hydrogen) atoms. The Kier molecular flexibility index (Phi) is 7.51. The summed E-state index contributed by atoms with van der Waals surface area (Å²) in [6, 6.07) is 12.6. The topological polar surface area (TPSA) is 97.9 Å². The number of hydrogen-bond donors (Lipinski definition) is 3. The van der Waals surface area contributed by atoms with Crippen molar-refractivity contribution in [2.75, 3.05) is 26.1 Å². The third kappa shape index (κ3) is 5.87. The highest BCUT2D eigenvalue weighted by Crippen LogP contribution is 2.27. The van der Waals surface area contributed by atoms with Crippen LogP contribution < -0.4 is 25.4 Å². The Morgan fingerprint density at radius 1 is 1.00 bits per heavy atom. The van der Waals surface area contributed by atoms with E-state index < -0.39 is 0 Å². The quantitative estimate of drug-likeness (QED) is 0.618. The summed E-state index contributed by atoms with van der Waals surface area (Å²) in [6.07, 6.45) is 1.27. The standard InChI is InChI=1S/C22H27N3O5/c1-28-18-9-8-16(12-20(18)29-2)14-24-22(27)23-13-15-5-3-6-17(11-15)25-21(26)19-7-4-10-30-19/h3,5-6,8-9,11-12,19H,4,7,10,13-14H2,1-2H3,(H,25,26)(H2,23,24,27). The minimum atomic E-state index is -0.380. The Hall–Kier alpha value is -3.26. The SMILES string of the molecule is COc1ccc(CNC(=O)NCc2cccc(NC(=O)C3CCCO3)c2)cc1OC. The van der Waals surface area contributed by atoms with Crippen LogP contribution >= 0.6 is 0 Å². The Morgan fingerprint density at radius 3 is 2.40 bits per heavy atom. The summed E-state index contributed by atoms with van der Waals surface area (Å²) in [5.41, 5.74) is 2.45. The third-order valence-electron chi connectivity index (χ3n) is 4.77. The van der Waals surface area contributed by atoms with Gasteiger partial charge in [-0.1, -0.05) is 18.2 Å². The minimum absolute atomic E-state index is 0.134. The van der Waals surface area contributed by atoms with Gasteiger partial charge in [0, 0.05) is 25.4 Å². The maximum atomic E-state index is 12.2. The van der Waals surface area contributed by atoms with E-state index in [1.54, 1.807) is 20.3 Å². The Morgan fingerprint density at radius 2 is 1.73 bits per heavy atom. The third-order valence-corrected chi connectivity index (χ3v) is 4.77. The van der Waals surface area contributed by atoms with Gasteiger partial charge in [-0.3, -0.25) is 4.79 Å². The van der Waals surface area contributed by atoms with E-state index in [1.807, 2.05) is 36.4 Å². The molecule has 160 valence electrons. The fourth-order valence-electron chi connectivity index (χ4n) is 3.18. The summed E-state index contributed by atoms with van der Waals surface area (Å²) >= 11 is 0. The van der Waals surface area contributed by atoms with Gasteiger partial charge in [-0.25, -0.2) is 4.79 Å². The maximum Gasteiger partial charge on any atom is 0.315 e. The fourth-order valence-corrected chi connectivity index (χ4v) is 3.18. The fraction of sp³-hybridized carbons (Fsp3) is 0.364. The molecule has 0 spiro atoms. The second-order valence-corrected chi connectivity index (χ2v) is 6.92. The van der Waals surface area contributed by atoms with Crippen molar-refractivity contribution in [3.05, 3.63) is 53.6 Å². The molecule has 1 atom stereocenters. The number of rotatable bonds is 8. The first-order valence-corrected chi connectivity index (χ1v) is 9.83. The van der Waals surface area contributed by atoms with Gasteiger partial charge >= 0.3 is 6.03 Å². The Labute approximate surface area is 175 Å². The van der Waals surface area contributed by atoms with E-state index in [1.165, 1.54) is 0 Å². The molecule has 8 nitrogen and oxygen atoms in total. The van der Waals surface area contributed by atoms with E-state index in [4.69, 9.17) is 14.2 Å². The summed E-state index contributed by atoms with van der Waals surface area (Å²) < 4.78 is 15.9. The van der Waals surface area contributed by atoms with Crippen LogP contribution in [0.3, 0.4) is 0 Å². The van der Waals surface area contributed by atoms with E-state index in [0.29, 0.717) is 36.9 Å². The number of methoxy groups -OCH3 is 2. The molecule has 3 rings (SSSR count). The Bertz CT molecular complexity index is 881. The molecule has 1 unspecified atom stereocenters. The van der Waals surface area contributed by atoms with Gasteiger partial charge in [0.25, 0.3) is 5.91 Å². The van der Waals surface area contributed by atoms with Gasteiger partial charge in [-0.15, -0.1) is 0 Å². The maximum absolute atomic E-state index is 12.2. The second kappa shape index (κ2) is 10.5. The molecule has 0 aliphatic carbocycles. The number of hydrogen-bond acceptors (Lipinski definition) is 5. The number of benzene rings is 2. The molecule has 0 bridgehead atoms. The van der Waals surface area contributed by atoms with Crippen LogP contribution in [0.1, 0.15) is 24.0 Å². The molecule has 0 aromatic heterocycles. The highest BCUT2D eigenvalue weighted by Gasteiger charge is 2.23. The van der Waals surface area contributed by atoms with Gasteiger partial charge in [-0.2, -0.15) is 0 Å². The first kappa shape index (κ1) is 21.4. The van der Waals surface area contributed by atoms with Crippen LogP contribution in [0.2, 0.25) is 0 Å². The van der Waals surface area contributed by atoms with Crippen LogP contribution in [0.4, 0.5) is 10.5 Å².